The lowest BCUT2D eigenvalue weighted by Crippen LogP contribution is -2.25. The van der Waals surface area contributed by atoms with Crippen molar-refractivity contribution in [3.8, 4) is 0 Å². The molecule has 0 aromatic heterocycles. The summed E-state index contributed by atoms with van der Waals surface area (Å²) < 4.78 is 0. The van der Waals surface area contributed by atoms with Gasteiger partial charge in [-0.1, -0.05) is 0 Å². The molecule has 2 bridgehead atoms. The Balaban J connectivity index is 1.94. The Morgan fingerprint density at radius 2 is 2.00 bits per heavy atom. The van der Waals surface area contributed by atoms with Crippen LogP contribution in [-0.2, 0) is 0 Å². The van der Waals surface area contributed by atoms with Crippen molar-refractivity contribution in [1.82, 2.24) is 0 Å². The van der Waals surface area contributed by atoms with Crippen LogP contribution in [-0.4, -0.2) is 11.2 Å². The van der Waals surface area contributed by atoms with Crippen LogP contribution >= 0.6 is 0 Å². The van der Waals surface area contributed by atoms with Crippen LogP contribution in [0, 0.1) is 17.3 Å². The van der Waals surface area contributed by atoms with E-state index in [4.69, 9.17) is 0 Å². The molecule has 0 aromatic carbocycles. The normalized spacial score (nSPS) is 54.3. The third-order valence-corrected chi connectivity index (χ3v) is 4.00. The summed E-state index contributed by atoms with van der Waals surface area (Å²) >= 11 is 0. The molecule has 3 rings (SSSR count). The topological polar surface area (TPSA) is 20.2 Å². The predicted molar refractivity (Wildman–Crippen MR) is 38.5 cm³/mol. The molecule has 0 radical (unpaired) electrons. The second-order valence-corrected chi connectivity index (χ2v) is 4.58. The van der Waals surface area contributed by atoms with Crippen molar-refractivity contribution >= 4 is 0 Å². The Kier molecular flexibility index (Phi) is 0.797. The zero-order valence-corrected chi connectivity index (χ0v) is 6.21. The van der Waals surface area contributed by atoms with Gasteiger partial charge in [0.1, 0.15) is 0 Å². The average molecular weight is 138 g/mol. The number of aliphatic hydroxyl groups excluding tert-OH is 1. The minimum Gasteiger partial charge on any atom is -0.393 e. The van der Waals surface area contributed by atoms with Gasteiger partial charge >= 0.3 is 0 Å². The van der Waals surface area contributed by atoms with Crippen LogP contribution in [0.1, 0.15) is 32.1 Å². The Hall–Kier alpha value is -0.0400. The maximum atomic E-state index is 9.59. The van der Waals surface area contributed by atoms with Crippen LogP contribution in [0.4, 0.5) is 0 Å². The molecule has 0 aromatic rings. The van der Waals surface area contributed by atoms with E-state index in [0.717, 1.165) is 18.3 Å². The van der Waals surface area contributed by atoms with Gasteiger partial charge in [-0.3, -0.25) is 0 Å². The van der Waals surface area contributed by atoms with Crippen LogP contribution in [0.5, 0.6) is 0 Å². The molecule has 56 valence electrons. The number of hydrogen-bond donors (Lipinski definition) is 1. The fourth-order valence-electron chi connectivity index (χ4n) is 3.40. The first-order chi connectivity index (χ1) is 4.80. The van der Waals surface area contributed by atoms with Gasteiger partial charge in [0.2, 0.25) is 0 Å². The first-order valence-electron chi connectivity index (χ1n) is 4.48. The lowest BCUT2D eigenvalue weighted by molar-refractivity contribution is 0.0716. The molecule has 10 heavy (non-hydrogen) atoms. The van der Waals surface area contributed by atoms with Crippen molar-refractivity contribution in [3.05, 3.63) is 0 Å². The summed E-state index contributed by atoms with van der Waals surface area (Å²) in [5.41, 5.74) is 0.683. The summed E-state index contributed by atoms with van der Waals surface area (Å²) in [6, 6.07) is 0. The van der Waals surface area contributed by atoms with Gasteiger partial charge in [-0.05, 0) is 49.4 Å². The summed E-state index contributed by atoms with van der Waals surface area (Å²) in [5, 5.41) is 9.59. The zero-order chi connectivity index (χ0) is 6.77. The minimum absolute atomic E-state index is 0.0845. The number of fused-ring (bicyclic) bond motifs is 3. The van der Waals surface area contributed by atoms with Gasteiger partial charge in [0, 0.05) is 0 Å². The lowest BCUT2D eigenvalue weighted by atomic mass is 9.84. The molecule has 3 atom stereocenters. The van der Waals surface area contributed by atoms with E-state index < -0.39 is 0 Å². The van der Waals surface area contributed by atoms with Crippen molar-refractivity contribution in [2.75, 3.05) is 0 Å². The summed E-state index contributed by atoms with van der Waals surface area (Å²) in [6.07, 6.45) is 6.85. The van der Waals surface area contributed by atoms with Gasteiger partial charge in [-0.25, -0.2) is 0 Å². The Bertz CT molecular complexity index is 172. The molecule has 1 heteroatoms. The highest BCUT2D eigenvalue weighted by molar-refractivity contribution is 5.11. The van der Waals surface area contributed by atoms with Crippen LogP contribution in [0.2, 0.25) is 0 Å². The van der Waals surface area contributed by atoms with Crippen LogP contribution in [0.15, 0.2) is 0 Å². The van der Waals surface area contributed by atoms with Crippen molar-refractivity contribution in [2.45, 2.75) is 38.2 Å². The molecule has 1 nitrogen and oxygen atoms in total. The predicted octanol–water partition coefficient (Wildman–Crippen LogP) is 1.56. The number of aliphatic hydroxyl groups is 1. The molecule has 1 N–H and O–H groups in total. The van der Waals surface area contributed by atoms with Crippen molar-refractivity contribution in [2.24, 2.45) is 17.3 Å². The molecular formula is C9H14O. The SMILES string of the molecule is O[C@@H]1C[C@@H]2C[C@H]1C1(CC1)C2. The molecule has 3 saturated carbocycles. The molecule has 3 aliphatic rings. The highest BCUT2D eigenvalue weighted by atomic mass is 16.3. The van der Waals surface area contributed by atoms with E-state index in [-0.39, 0.29) is 6.10 Å². The average Bonchev–Trinajstić information content (AvgIpc) is 2.36. The van der Waals surface area contributed by atoms with E-state index in [1.165, 1.54) is 25.7 Å². The van der Waals surface area contributed by atoms with E-state index in [2.05, 4.69) is 0 Å². The first kappa shape index (κ1) is 5.59. The third-order valence-electron chi connectivity index (χ3n) is 4.00. The van der Waals surface area contributed by atoms with Crippen LogP contribution < -0.4 is 0 Å². The molecule has 0 heterocycles. The number of rotatable bonds is 0. The fourth-order valence-corrected chi connectivity index (χ4v) is 3.40. The second-order valence-electron chi connectivity index (χ2n) is 4.58. The standard InChI is InChI=1S/C9H14O/c10-8-4-6-3-7(8)9(5-6)1-2-9/h6-8,10H,1-5H2/t6-,7+,8+/m0/s1. The highest BCUT2D eigenvalue weighted by Gasteiger charge is 2.60. The maximum absolute atomic E-state index is 9.59. The molecule has 0 saturated heterocycles. The Morgan fingerprint density at radius 1 is 1.20 bits per heavy atom. The highest BCUT2D eigenvalue weighted by Crippen LogP contribution is 2.68. The van der Waals surface area contributed by atoms with Gasteiger partial charge in [-0.15, -0.1) is 0 Å². The van der Waals surface area contributed by atoms with Crippen molar-refractivity contribution in [3.63, 3.8) is 0 Å². The minimum atomic E-state index is 0.0845. The van der Waals surface area contributed by atoms with Crippen LogP contribution in [0.25, 0.3) is 0 Å². The zero-order valence-electron chi connectivity index (χ0n) is 6.21. The van der Waals surface area contributed by atoms with Gasteiger partial charge < -0.3 is 5.11 Å². The molecule has 1 spiro atoms. The molecule has 3 fully saturated rings. The Labute approximate surface area is 61.4 Å². The van der Waals surface area contributed by atoms with E-state index in [1.807, 2.05) is 0 Å². The molecule has 0 unspecified atom stereocenters. The molecule has 0 aliphatic heterocycles. The third kappa shape index (κ3) is 0.493. The number of hydrogen-bond acceptors (Lipinski definition) is 1. The van der Waals surface area contributed by atoms with E-state index >= 15 is 0 Å². The fraction of sp³-hybridized carbons (Fsp3) is 1.00. The van der Waals surface area contributed by atoms with Crippen molar-refractivity contribution in [1.29, 1.82) is 0 Å². The van der Waals surface area contributed by atoms with Gasteiger partial charge in [0.05, 0.1) is 6.10 Å². The summed E-state index contributed by atoms with van der Waals surface area (Å²) in [4.78, 5) is 0. The molecule has 3 aliphatic carbocycles. The second kappa shape index (κ2) is 1.42. The lowest BCUT2D eigenvalue weighted by Gasteiger charge is -2.25. The summed E-state index contributed by atoms with van der Waals surface area (Å²) in [7, 11) is 0. The largest absolute Gasteiger partial charge is 0.393 e. The van der Waals surface area contributed by atoms with Gasteiger partial charge in [0.25, 0.3) is 0 Å². The van der Waals surface area contributed by atoms with Gasteiger partial charge in [0.15, 0.2) is 0 Å². The van der Waals surface area contributed by atoms with E-state index in [1.54, 1.807) is 0 Å². The quantitative estimate of drug-likeness (QED) is 0.538. The van der Waals surface area contributed by atoms with Crippen molar-refractivity contribution < 1.29 is 5.11 Å². The van der Waals surface area contributed by atoms with E-state index in [0.29, 0.717) is 5.41 Å². The summed E-state index contributed by atoms with van der Waals surface area (Å²) in [5.74, 6) is 1.62. The molecule has 0 amide bonds. The summed E-state index contributed by atoms with van der Waals surface area (Å²) in [6.45, 7) is 0. The van der Waals surface area contributed by atoms with Crippen LogP contribution in [0.3, 0.4) is 0 Å². The van der Waals surface area contributed by atoms with E-state index in [9.17, 15) is 5.11 Å². The maximum Gasteiger partial charge on any atom is 0.0576 e. The smallest absolute Gasteiger partial charge is 0.0576 e. The van der Waals surface area contributed by atoms with Gasteiger partial charge in [-0.2, -0.15) is 0 Å². The molecular weight excluding hydrogens is 124 g/mol. The monoisotopic (exact) mass is 138 g/mol. The first-order valence-corrected chi connectivity index (χ1v) is 4.48. The Morgan fingerprint density at radius 3 is 2.40 bits per heavy atom.